The minimum atomic E-state index is -0.144. The first-order chi connectivity index (χ1) is 8.95. The molecule has 1 amide bonds. The zero-order valence-corrected chi connectivity index (χ0v) is 12.6. The van der Waals surface area contributed by atoms with Crippen molar-refractivity contribution in [2.75, 3.05) is 24.7 Å². The molecule has 0 aliphatic carbocycles. The molecule has 1 aromatic heterocycles. The molecule has 0 saturated heterocycles. The summed E-state index contributed by atoms with van der Waals surface area (Å²) in [7, 11) is 0. The van der Waals surface area contributed by atoms with E-state index in [0.29, 0.717) is 12.2 Å². The van der Waals surface area contributed by atoms with E-state index in [2.05, 4.69) is 36.3 Å². The number of carbonyl (C=O) groups excluding carboxylic acids is 1. The van der Waals surface area contributed by atoms with E-state index in [0.717, 1.165) is 23.6 Å². The molecular formula is C13H23N3O2S. The summed E-state index contributed by atoms with van der Waals surface area (Å²) in [6.45, 7) is 7.05. The van der Waals surface area contributed by atoms with Gasteiger partial charge in [0.1, 0.15) is 5.69 Å². The van der Waals surface area contributed by atoms with Crippen LogP contribution >= 0.6 is 11.8 Å². The first-order valence-electron chi connectivity index (χ1n) is 6.48. The summed E-state index contributed by atoms with van der Waals surface area (Å²) in [4.78, 5) is 11.8. The van der Waals surface area contributed by atoms with Crippen LogP contribution in [0.2, 0.25) is 0 Å². The van der Waals surface area contributed by atoms with Crippen LogP contribution < -0.4 is 5.32 Å². The molecule has 0 aliphatic rings. The van der Waals surface area contributed by atoms with Gasteiger partial charge in [0.25, 0.3) is 5.91 Å². The first-order valence-corrected chi connectivity index (χ1v) is 7.63. The molecule has 3 N–H and O–H groups in total. The molecule has 1 aromatic rings. The van der Waals surface area contributed by atoms with Crippen molar-refractivity contribution in [3.8, 4) is 0 Å². The molecular weight excluding hydrogens is 262 g/mol. The number of hydrogen-bond donors (Lipinski definition) is 3. The van der Waals surface area contributed by atoms with Crippen molar-refractivity contribution in [1.82, 2.24) is 15.5 Å². The molecule has 19 heavy (non-hydrogen) atoms. The Morgan fingerprint density at radius 1 is 1.47 bits per heavy atom. The molecule has 0 spiro atoms. The Morgan fingerprint density at radius 3 is 2.79 bits per heavy atom. The molecule has 0 unspecified atom stereocenters. The number of amides is 1. The predicted octanol–water partition coefficient (Wildman–Crippen LogP) is 1.55. The normalized spacial score (nSPS) is 11.6. The van der Waals surface area contributed by atoms with E-state index in [4.69, 9.17) is 5.11 Å². The van der Waals surface area contributed by atoms with E-state index in [9.17, 15) is 4.79 Å². The molecule has 1 rings (SSSR count). The number of nitrogens with one attached hydrogen (secondary N) is 2. The highest BCUT2D eigenvalue weighted by Crippen LogP contribution is 2.20. The third-order valence-electron chi connectivity index (χ3n) is 2.60. The lowest BCUT2D eigenvalue weighted by Crippen LogP contribution is -2.26. The Bertz CT molecular complexity index is 399. The Labute approximate surface area is 118 Å². The number of thioether (sulfide) groups is 1. The van der Waals surface area contributed by atoms with Crippen LogP contribution in [0, 0.1) is 0 Å². The van der Waals surface area contributed by atoms with Crippen LogP contribution in [0.3, 0.4) is 0 Å². The molecule has 0 aromatic carbocycles. The van der Waals surface area contributed by atoms with E-state index >= 15 is 0 Å². The molecule has 108 valence electrons. The SMILES string of the molecule is CC(C)(C)c1cc(C(=O)NCCSCCCO)n[nH]1. The molecule has 5 nitrogen and oxygen atoms in total. The minimum absolute atomic E-state index is 0.0360. The number of aliphatic hydroxyl groups is 1. The molecule has 0 bridgehead atoms. The number of aromatic amines is 1. The van der Waals surface area contributed by atoms with E-state index in [1.54, 1.807) is 17.8 Å². The van der Waals surface area contributed by atoms with Crippen LogP contribution in [0.5, 0.6) is 0 Å². The van der Waals surface area contributed by atoms with Crippen LogP contribution in [-0.4, -0.2) is 45.9 Å². The van der Waals surface area contributed by atoms with Gasteiger partial charge in [0.15, 0.2) is 0 Å². The Hall–Kier alpha value is -1.01. The smallest absolute Gasteiger partial charge is 0.271 e. The van der Waals surface area contributed by atoms with E-state index in [1.165, 1.54) is 0 Å². The fourth-order valence-corrected chi connectivity index (χ4v) is 2.20. The van der Waals surface area contributed by atoms with Gasteiger partial charge in [0, 0.05) is 30.0 Å². The zero-order chi connectivity index (χ0) is 14.3. The number of rotatable bonds is 7. The van der Waals surface area contributed by atoms with Crippen molar-refractivity contribution < 1.29 is 9.90 Å². The standard InChI is InChI=1S/C13H23N3O2S/c1-13(2,3)11-9-10(15-16-11)12(18)14-5-8-19-7-4-6-17/h9,17H,4-8H2,1-3H3,(H,14,18)(H,15,16). The van der Waals surface area contributed by atoms with E-state index < -0.39 is 0 Å². The van der Waals surface area contributed by atoms with Crippen molar-refractivity contribution in [2.24, 2.45) is 0 Å². The lowest BCUT2D eigenvalue weighted by atomic mass is 9.92. The summed E-state index contributed by atoms with van der Waals surface area (Å²) >= 11 is 1.72. The first kappa shape index (κ1) is 16.0. The van der Waals surface area contributed by atoms with E-state index in [-0.39, 0.29) is 17.9 Å². The fourth-order valence-electron chi connectivity index (χ4n) is 1.42. The second-order valence-corrected chi connectivity index (χ2v) is 6.59. The third kappa shape index (κ3) is 5.65. The molecule has 6 heteroatoms. The van der Waals surface area contributed by atoms with Gasteiger partial charge in [-0.2, -0.15) is 16.9 Å². The van der Waals surface area contributed by atoms with Gasteiger partial charge in [0.2, 0.25) is 0 Å². The summed E-state index contributed by atoms with van der Waals surface area (Å²) in [6.07, 6.45) is 0.799. The fraction of sp³-hybridized carbons (Fsp3) is 0.692. The number of nitrogens with zero attached hydrogens (tertiary/aromatic N) is 1. The second kappa shape index (κ2) is 7.55. The Morgan fingerprint density at radius 2 is 2.21 bits per heavy atom. The van der Waals surface area contributed by atoms with Crippen molar-refractivity contribution >= 4 is 17.7 Å². The highest BCUT2D eigenvalue weighted by atomic mass is 32.2. The predicted molar refractivity (Wildman–Crippen MR) is 78.6 cm³/mol. The number of aromatic nitrogens is 2. The molecule has 0 saturated carbocycles. The number of carbonyl (C=O) groups is 1. The maximum absolute atomic E-state index is 11.8. The van der Waals surface area contributed by atoms with Gasteiger partial charge < -0.3 is 10.4 Å². The van der Waals surface area contributed by atoms with Gasteiger partial charge in [-0.15, -0.1) is 0 Å². The maximum Gasteiger partial charge on any atom is 0.271 e. The van der Waals surface area contributed by atoms with Gasteiger partial charge in [0.05, 0.1) is 0 Å². The third-order valence-corrected chi connectivity index (χ3v) is 3.67. The van der Waals surface area contributed by atoms with Crippen LogP contribution in [0.15, 0.2) is 6.07 Å². The van der Waals surface area contributed by atoms with Gasteiger partial charge in [-0.3, -0.25) is 9.89 Å². The average molecular weight is 285 g/mol. The highest BCUT2D eigenvalue weighted by molar-refractivity contribution is 7.99. The average Bonchev–Trinajstić information content (AvgIpc) is 2.82. The minimum Gasteiger partial charge on any atom is -0.396 e. The largest absolute Gasteiger partial charge is 0.396 e. The molecule has 0 aliphatic heterocycles. The van der Waals surface area contributed by atoms with Crippen molar-refractivity contribution in [3.05, 3.63) is 17.5 Å². The molecule has 0 radical (unpaired) electrons. The Kier molecular flexibility index (Phi) is 6.37. The summed E-state index contributed by atoms with van der Waals surface area (Å²) in [5.41, 5.74) is 1.35. The lowest BCUT2D eigenvalue weighted by molar-refractivity contribution is 0.0951. The monoisotopic (exact) mass is 285 g/mol. The summed E-state index contributed by atoms with van der Waals surface area (Å²) < 4.78 is 0. The van der Waals surface area contributed by atoms with Crippen LogP contribution in [0.4, 0.5) is 0 Å². The topological polar surface area (TPSA) is 78.0 Å². The maximum atomic E-state index is 11.8. The van der Waals surface area contributed by atoms with E-state index in [1.807, 2.05) is 0 Å². The summed E-state index contributed by atoms with van der Waals surface area (Å²) in [5, 5.41) is 18.4. The highest BCUT2D eigenvalue weighted by Gasteiger charge is 2.18. The van der Waals surface area contributed by atoms with Crippen LogP contribution in [0.1, 0.15) is 43.4 Å². The van der Waals surface area contributed by atoms with Gasteiger partial charge >= 0.3 is 0 Å². The Balaban J connectivity index is 2.32. The quantitative estimate of drug-likeness (QED) is 0.664. The van der Waals surface area contributed by atoms with Crippen molar-refractivity contribution in [3.63, 3.8) is 0 Å². The van der Waals surface area contributed by atoms with Gasteiger partial charge in [-0.05, 0) is 18.2 Å². The van der Waals surface area contributed by atoms with Crippen LogP contribution in [0.25, 0.3) is 0 Å². The number of H-pyrrole nitrogens is 1. The summed E-state index contributed by atoms with van der Waals surface area (Å²) in [5.74, 6) is 1.63. The molecule has 0 atom stereocenters. The lowest BCUT2D eigenvalue weighted by Gasteiger charge is -2.14. The molecule has 0 fully saturated rings. The number of hydrogen-bond acceptors (Lipinski definition) is 4. The number of aliphatic hydroxyl groups excluding tert-OH is 1. The molecule has 1 heterocycles. The van der Waals surface area contributed by atoms with Gasteiger partial charge in [-0.1, -0.05) is 20.8 Å². The second-order valence-electron chi connectivity index (χ2n) is 5.36. The van der Waals surface area contributed by atoms with Gasteiger partial charge in [-0.25, -0.2) is 0 Å². The van der Waals surface area contributed by atoms with Crippen molar-refractivity contribution in [1.29, 1.82) is 0 Å². The zero-order valence-electron chi connectivity index (χ0n) is 11.8. The van der Waals surface area contributed by atoms with Crippen molar-refractivity contribution in [2.45, 2.75) is 32.6 Å². The van der Waals surface area contributed by atoms with Crippen LogP contribution in [-0.2, 0) is 5.41 Å². The summed E-state index contributed by atoms with van der Waals surface area (Å²) in [6, 6.07) is 1.80.